The molecule has 0 radical (unpaired) electrons. The van der Waals surface area contributed by atoms with Crippen LogP contribution < -0.4 is 10.2 Å². The number of hydrogen-bond donors (Lipinski definition) is 1. The van der Waals surface area contributed by atoms with Crippen LogP contribution >= 0.6 is 23.2 Å². The van der Waals surface area contributed by atoms with E-state index in [4.69, 9.17) is 27.9 Å². The van der Waals surface area contributed by atoms with Crippen molar-refractivity contribution in [2.75, 3.05) is 0 Å². The van der Waals surface area contributed by atoms with E-state index in [1.165, 1.54) is 6.21 Å². The predicted molar refractivity (Wildman–Crippen MR) is 127 cm³/mol. The molecule has 0 aromatic heterocycles. The lowest BCUT2D eigenvalue weighted by molar-refractivity contribution is 0.0734. The topological polar surface area (TPSA) is 67.8 Å². The maximum atomic E-state index is 12.6. The van der Waals surface area contributed by atoms with E-state index in [0.29, 0.717) is 32.5 Å². The Morgan fingerprint density at radius 1 is 0.781 bits per heavy atom. The van der Waals surface area contributed by atoms with Crippen molar-refractivity contribution >= 4 is 52.1 Å². The van der Waals surface area contributed by atoms with Gasteiger partial charge in [-0.1, -0.05) is 53.5 Å². The third-order valence-corrected chi connectivity index (χ3v) is 5.18. The van der Waals surface area contributed by atoms with Gasteiger partial charge in [0.15, 0.2) is 0 Å². The number of nitrogens with one attached hydrogen (secondary N) is 1. The molecule has 1 N–H and O–H groups in total. The van der Waals surface area contributed by atoms with Gasteiger partial charge in [-0.05, 0) is 65.4 Å². The third kappa shape index (κ3) is 4.97. The second-order valence-electron chi connectivity index (χ2n) is 6.80. The van der Waals surface area contributed by atoms with Gasteiger partial charge in [0.25, 0.3) is 5.91 Å². The van der Waals surface area contributed by atoms with Crippen LogP contribution in [-0.4, -0.2) is 18.1 Å². The second kappa shape index (κ2) is 9.64. The van der Waals surface area contributed by atoms with Crippen LogP contribution in [0.3, 0.4) is 0 Å². The van der Waals surface area contributed by atoms with Gasteiger partial charge in [0.1, 0.15) is 5.75 Å². The first-order valence-electron chi connectivity index (χ1n) is 9.60. The molecule has 0 saturated heterocycles. The molecule has 0 bridgehead atoms. The van der Waals surface area contributed by atoms with Crippen LogP contribution in [0.15, 0.2) is 90.0 Å². The molecule has 0 fully saturated rings. The fourth-order valence-electron chi connectivity index (χ4n) is 3.06. The molecular formula is C25H16Cl2N2O3. The summed E-state index contributed by atoms with van der Waals surface area (Å²) in [6.45, 7) is 0. The second-order valence-corrected chi connectivity index (χ2v) is 7.67. The van der Waals surface area contributed by atoms with Gasteiger partial charge in [-0.2, -0.15) is 5.10 Å². The molecule has 4 aromatic carbocycles. The van der Waals surface area contributed by atoms with Crippen molar-refractivity contribution < 1.29 is 14.3 Å². The number of esters is 1. The molecule has 1 amide bonds. The number of fused-ring (bicyclic) bond motifs is 1. The molecule has 0 saturated carbocycles. The fourth-order valence-corrected chi connectivity index (χ4v) is 3.32. The Morgan fingerprint density at radius 2 is 1.41 bits per heavy atom. The van der Waals surface area contributed by atoms with Gasteiger partial charge in [-0.25, -0.2) is 10.2 Å². The molecule has 0 aliphatic rings. The van der Waals surface area contributed by atoms with Crippen molar-refractivity contribution in [3.8, 4) is 5.75 Å². The van der Waals surface area contributed by atoms with E-state index >= 15 is 0 Å². The summed E-state index contributed by atoms with van der Waals surface area (Å²) in [6, 6.07) is 24.0. The molecule has 7 heteroatoms. The molecule has 0 unspecified atom stereocenters. The van der Waals surface area contributed by atoms with Gasteiger partial charge in [0.05, 0.1) is 11.8 Å². The molecule has 0 aliphatic heterocycles. The van der Waals surface area contributed by atoms with E-state index in [1.807, 2.05) is 30.3 Å². The van der Waals surface area contributed by atoms with Crippen LogP contribution in [-0.2, 0) is 0 Å². The molecule has 0 spiro atoms. The highest BCUT2D eigenvalue weighted by atomic mass is 35.5. The van der Waals surface area contributed by atoms with E-state index in [9.17, 15) is 9.59 Å². The molecule has 0 aliphatic carbocycles. The summed E-state index contributed by atoms with van der Waals surface area (Å²) in [6.07, 6.45) is 1.46. The van der Waals surface area contributed by atoms with Gasteiger partial charge in [-0.3, -0.25) is 4.79 Å². The molecule has 4 rings (SSSR count). The molecule has 0 heterocycles. The zero-order valence-corrected chi connectivity index (χ0v) is 18.1. The zero-order valence-electron chi connectivity index (χ0n) is 16.6. The molecule has 32 heavy (non-hydrogen) atoms. The number of carbonyl (C=O) groups excluding carboxylic acids is 2. The summed E-state index contributed by atoms with van der Waals surface area (Å²) in [5.41, 5.74) is 3.82. The highest BCUT2D eigenvalue weighted by molar-refractivity contribution is 6.31. The molecular weight excluding hydrogens is 447 g/mol. The Morgan fingerprint density at radius 3 is 2.09 bits per heavy atom. The summed E-state index contributed by atoms with van der Waals surface area (Å²) in [4.78, 5) is 24.9. The maximum Gasteiger partial charge on any atom is 0.343 e. The molecule has 4 aromatic rings. The minimum atomic E-state index is -0.531. The smallest absolute Gasteiger partial charge is 0.343 e. The summed E-state index contributed by atoms with van der Waals surface area (Å²) in [5, 5.41) is 6.89. The molecule has 158 valence electrons. The van der Waals surface area contributed by atoms with Gasteiger partial charge < -0.3 is 4.74 Å². The number of nitrogens with zero attached hydrogens (tertiary/aromatic N) is 1. The van der Waals surface area contributed by atoms with Crippen LogP contribution in [0.5, 0.6) is 5.75 Å². The van der Waals surface area contributed by atoms with Crippen LogP contribution in [0.1, 0.15) is 26.3 Å². The van der Waals surface area contributed by atoms with Crippen molar-refractivity contribution in [2.45, 2.75) is 0 Å². The number of ether oxygens (including phenoxy) is 1. The maximum absolute atomic E-state index is 12.6. The largest absolute Gasteiger partial charge is 0.422 e. The quantitative estimate of drug-likeness (QED) is 0.168. The Kier molecular flexibility index (Phi) is 6.50. The number of hydrazone groups is 1. The SMILES string of the molecule is O=C(NN=Cc1c(OC(=O)c2ccc(Cl)cc2)ccc2ccccc12)c1ccc(Cl)cc1. The zero-order chi connectivity index (χ0) is 22.5. The van der Waals surface area contributed by atoms with Gasteiger partial charge in [0.2, 0.25) is 0 Å². The van der Waals surface area contributed by atoms with Crippen LogP contribution in [0, 0.1) is 0 Å². The third-order valence-electron chi connectivity index (χ3n) is 4.68. The highest BCUT2D eigenvalue weighted by Crippen LogP contribution is 2.27. The Hall–Kier alpha value is -3.67. The van der Waals surface area contributed by atoms with Crippen molar-refractivity contribution in [2.24, 2.45) is 5.10 Å². The van der Waals surface area contributed by atoms with Crippen LogP contribution in [0.25, 0.3) is 10.8 Å². The summed E-state index contributed by atoms with van der Waals surface area (Å²) >= 11 is 11.7. The lowest BCUT2D eigenvalue weighted by Gasteiger charge is -2.10. The van der Waals surface area contributed by atoms with Crippen molar-refractivity contribution in [3.63, 3.8) is 0 Å². The Bertz CT molecular complexity index is 1320. The van der Waals surface area contributed by atoms with Crippen molar-refractivity contribution in [1.82, 2.24) is 5.43 Å². The van der Waals surface area contributed by atoms with Gasteiger partial charge >= 0.3 is 5.97 Å². The standard InChI is InChI=1S/C25H16Cl2N2O3/c26-19-10-5-17(6-11-19)24(30)29-28-15-22-21-4-2-1-3-16(21)9-14-23(22)32-25(31)18-7-12-20(27)13-8-18/h1-15H,(H,29,30). The van der Waals surface area contributed by atoms with Crippen molar-refractivity contribution in [1.29, 1.82) is 0 Å². The van der Waals surface area contributed by atoms with E-state index in [-0.39, 0.29) is 0 Å². The summed E-state index contributed by atoms with van der Waals surface area (Å²) < 4.78 is 5.63. The Balaban J connectivity index is 1.62. The van der Waals surface area contributed by atoms with E-state index < -0.39 is 11.9 Å². The minimum absolute atomic E-state index is 0.313. The number of carbonyl (C=O) groups is 2. The number of halogens is 2. The lowest BCUT2D eigenvalue weighted by atomic mass is 10.0. The number of rotatable bonds is 5. The highest BCUT2D eigenvalue weighted by Gasteiger charge is 2.14. The van der Waals surface area contributed by atoms with E-state index in [0.717, 1.165) is 10.8 Å². The number of amides is 1. The first-order chi connectivity index (χ1) is 15.5. The predicted octanol–water partition coefficient (Wildman–Crippen LogP) is 6.13. The average Bonchev–Trinajstić information content (AvgIpc) is 2.81. The fraction of sp³-hybridized carbons (Fsp3) is 0. The number of hydrogen-bond acceptors (Lipinski definition) is 4. The lowest BCUT2D eigenvalue weighted by Crippen LogP contribution is -2.17. The first-order valence-corrected chi connectivity index (χ1v) is 10.4. The number of benzene rings is 4. The molecule has 5 nitrogen and oxygen atoms in total. The summed E-state index contributed by atoms with van der Waals surface area (Å²) in [5.74, 6) is -0.609. The minimum Gasteiger partial charge on any atom is -0.422 e. The normalized spacial score (nSPS) is 10.9. The van der Waals surface area contributed by atoms with Gasteiger partial charge in [-0.15, -0.1) is 0 Å². The molecule has 0 atom stereocenters. The summed E-state index contributed by atoms with van der Waals surface area (Å²) in [7, 11) is 0. The monoisotopic (exact) mass is 462 g/mol. The Labute approximate surface area is 194 Å². The average molecular weight is 463 g/mol. The first kappa shape index (κ1) is 21.6. The van der Waals surface area contributed by atoms with E-state index in [2.05, 4.69) is 10.5 Å². The van der Waals surface area contributed by atoms with Crippen LogP contribution in [0.2, 0.25) is 10.0 Å². The van der Waals surface area contributed by atoms with Gasteiger partial charge in [0, 0.05) is 21.2 Å². The van der Waals surface area contributed by atoms with Crippen molar-refractivity contribution in [3.05, 3.63) is 112 Å². The van der Waals surface area contributed by atoms with Crippen LogP contribution in [0.4, 0.5) is 0 Å². The van der Waals surface area contributed by atoms with E-state index in [1.54, 1.807) is 54.6 Å².